The molecule has 0 unspecified atom stereocenters. The number of thioether (sulfide) groups is 1. The fraction of sp³-hybridized carbons (Fsp3) is 0.333. The highest BCUT2D eigenvalue weighted by atomic mass is 32.2. The first-order chi connectivity index (χ1) is 16.1. The average molecular weight is 463 g/mol. The highest BCUT2D eigenvalue weighted by Gasteiger charge is 2.31. The number of carbonyl (C=O) groups is 2. The summed E-state index contributed by atoms with van der Waals surface area (Å²) in [6.07, 6.45) is 3.93. The molecule has 33 heavy (non-hydrogen) atoms. The summed E-state index contributed by atoms with van der Waals surface area (Å²) >= 11 is 1.58. The molecule has 1 aromatic heterocycles. The molecule has 170 valence electrons. The molecule has 8 nitrogen and oxygen atoms in total. The summed E-state index contributed by atoms with van der Waals surface area (Å²) in [6.45, 7) is 2.62. The van der Waals surface area contributed by atoms with E-state index < -0.39 is 11.9 Å². The summed E-state index contributed by atoms with van der Waals surface area (Å²) in [7, 11) is 1.77. The summed E-state index contributed by atoms with van der Waals surface area (Å²) < 4.78 is 1.62. The molecule has 5 rings (SSSR count). The predicted molar refractivity (Wildman–Crippen MR) is 129 cm³/mol. The Bertz CT molecular complexity index is 1160. The Hall–Kier alpha value is -3.33. The molecule has 2 amide bonds. The number of nitrogens with one attached hydrogen (secondary N) is 1. The molecule has 2 aliphatic heterocycles. The van der Waals surface area contributed by atoms with E-state index in [1.54, 1.807) is 28.4 Å². The minimum Gasteiger partial charge on any atom is -0.371 e. The van der Waals surface area contributed by atoms with Gasteiger partial charge in [0, 0.05) is 36.5 Å². The van der Waals surface area contributed by atoms with Gasteiger partial charge in [-0.05, 0) is 36.6 Å². The zero-order valence-corrected chi connectivity index (χ0v) is 19.3. The molecule has 3 heterocycles. The summed E-state index contributed by atoms with van der Waals surface area (Å²) in [5.41, 5.74) is 3.09. The monoisotopic (exact) mass is 462 g/mol. The summed E-state index contributed by atoms with van der Waals surface area (Å²) in [5.74, 6) is -0.0744. The Morgan fingerprint density at radius 1 is 1.15 bits per heavy atom. The number of fused-ring (bicyclic) bond motifs is 1. The van der Waals surface area contributed by atoms with Gasteiger partial charge in [-0.15, -0.1) is 16.9 Å². The SMILES string of the molecule is CN1C(=O)[C@@H](NC(=O)c2ncn(Cc3ccccc3)n2)CSc2ccc(N3CCCC3)cc21. The normalized spacial score (nSPS) is 18.2. The third kappa shape index (κ3) is 4.59. The number of carbonyl (C=O) groups excluding carboxylic acids is 2. The summed E-state index contributed by atoms with van der Waals surface area (Å²) in [6, 6.07) is 15.5. The highest BCUT2D eigenvalue weighted by Crippen LogP contribution is 2.37. The number of likely N-dealkylation sites (N-methyl/N-ethyl adjacent to an activating group) is 1. The fourth-order valence-corrected chi connectivity index (χ4v) is 5.31. The number of hydrogen-bond donors (Lipinski definition) is 1. The zero-order chi connectivity index (χ0) is 22.8. The van der Waals surface area contributed by atoms with E-state index in [4.69, 9.17) is 0 Å². The van der Waals surface area contributed by atoms with Crippen molar-refractivity contribution in [1.82, 2.24) is 20.1 Å². The number of benzene rings is 2. The van der Waals surface area contributed by atoms with E-state index in [9.17, 15) is 9.59 Å². The second-order valence-electron chi connectivity index (χ2n) is 8.33. The van der Waals surface area contributed by atoms with Crippen molar-refractivity contribution < 1.29 is 9.59 Å². The van der Waals surface area contributed by atoms with Crippen LogP contribution in [0.5, 0.6) is 0 Å². The topological polar surface area (TPSA) is 83.4 Å². The Balaban J connectivity index is 1.27. The molecular formula is C24H26N6O2S. The van der Waals surface area contributed by atoms with Crippen LogP contribution in [0.3, 0.4) is 0 Å². The average Bonchev–Trinajstić information content (AvgIpc) is 3.52. The number of anilines is 2. The van der Waals surface area contributed by atoms with Crippen molar-refractivity contribution in [2.24, 2.45) is 0 Å². The maximum atomic E-state index is 13.2. The first kappa shape index (κ1) is 21.5. The molecule has 9 heteroatoms. The third-order valence-electron chi connectivity index (χ3n) is 6.04. The van der Waals surface area contributed by atoms with Gasteiger partial charge in [-0.3, -0.25) is 9.59 Å². The van der Waals surface area contributed by atoms with Crippen LogP contribution in [0.1, 0.15) is 29.0 Å². The van der Waals surface area contributed by atoms with Gasteiger partial charge in [0.05, 0.1) is 12.2 Å². The van der Waals surface area contributed by atoms with Crippen molar-refractivity contribution in [3.8, 4) is 0 Å². The van der Waals surface area contributed by atoms with Crippen molar-refractivity contribution in [3.63, 3.8) is 0 Å². The van der Waals surface area contributed by atoms with E-state index in [0.717, 1.165) is 34.9 Å². The van der Waals surface area contributed by atoms with Crippen LogP contribution >= 0.6 is 11.8 Å². The van der Waals surface area contributed by atoms with Gasteiger partial charge in [0.25, 0.3) is 5.91 Å². The van der Waals surface area contributed by atoms with E-state index in [0.29, 0.717) is 12.3 Å². The molecule has 1 N–H and O–H groups in total. The molecular weight excluding hydrogens is 436 g/mol. The van der Waals surface area contributed by atoms with Gasteiger partial charge in [0.2, 0.25) is 11.7 Å². The Morgan fingerprint density at radius 3 is 2.73 bits per heavy atom. The molecule has 1 saturated heterocycles. The molecule has 0 radical (unpaired) electrons. The molecule has 0 saturated carbocycles. The van der Waals surface area contributed by atoms with Gasteiger partial charge < -0.3 is 15.1 Å². The van der Waals surface area contributed by atoms with E-state index >= 15 is 0 Å². The van der Waals surface area contributed by atoms with E-state index in [1.165, 1.54) is 19.2 Å². The Kier molecular flexibility index (Phi) is 6.04. The van der Waals surface area contributed by atoms with Crippen LogP contribution in [0.2, 0.25) is 0 Å². The molecule has 0 bridgehead atoms. The molecule has 1 atom stereocenters. The van der Waals surface area contributed by atoms with E-state index in [-0.39, 0.29) is 11.7 Å². The second kappa shape index (κ2) is 9.27. The third-order valence-corrected chi connectivity index (χ3v) is 7.20. The van der Waals surface area contributed by atoms with Crippen LogP contribution in [-0.4, -0.2) is 58.5 Å². The standard InChI is InChI=1S/C24H26N6O2S/c1-28-20-13-18(29-11-5-6-12-29)9-10-21(20)33-15-19(24(28)32)26-23(31)22-25-16-30(27-22)14-17-7-3-2-4-8-17/h2-4,7-10,13,16,19H,5-6,11-12,14-15H2,1H3,(H,26,31)/t19-/m0/s1. The zero-order valence-electron chi connectivity index (χ0n) is 18.5. The van der Waals surface area contributed by atoms with E-state index in [1.807, 2.05) is 30.3 Å². The lowest BCUT2D eigenvalue weighted by atomic mass is 10.2. The van der Waals surface area contributed by atoms with Gasteiger partial charge >= 0.3 is 0 Å². The van der Waals surface area contributed by atoms with Gasteiger partial charge in [-0.25, -0.2) is 9.67 Å². The lowest BCUT2D eigenvalue weighted by Crippen LogP contribution is -2.48. The van der Waals surface area contributed by atoms with Crippen LogP contribution in [0.4, 0.5) is 11.4 Å². The van der Waals surface area contributed by atoms with Crippen LogP contribution in [0, 0.1) is 0 Å². The van der Waals surface area contributed by atoms with Crippen molar-refractivity contribution in [1.29, 1.82) is 0 Å². The summed E-state index contributed by atoms with van der Waals surface area (Å²) in [5, 5.41) is 7.13. The minimum absolute atomic E-state index is 0.0597. The van der Waals surface area contributed by atoms with Gasteiger partial charge in [0.1, 0.15) is 12.4 Å². The lowest BCUT2D eigenvalue weighted by molar-refractivity contribution is -0.119. The molecule has 2 aromatic carbocycles. The van der Waals surface area contributed by atoms with Gasteiger partial charge in [0.15, 0.2) is 0 Å². The van der Waals surface area contributed by atoms with Crippen LogP contribution < -0.4 is 15.1 Å². The Morgan fingerprint density at radius 2 is 1.94 bits per heavy atom. The molecule has 0 spiro atoms. The highest BCUT2D eigenvalue weighted by molar-refractivity contribution is 7.99. The van der Waals surface area contributed by atoms with Crippen molar-refractivity contribution in [2.75, 3.05) is 35.7 Å². The maximum Gasteiger partial charge on any atom is 0.291 e. The number of aromatic nitrogens is 3. The van der Waals surface area contributed by atoms with Gasteiger partial charge in [-0.1, -0.05) is 30.3 Å². The number of amides is 2. The van der Waals surface area contributed by atoms with E-state index in [2.05, 4.69) is 38.5 Å². The van der Waals surface area contributed by atoms with Crippen LogP contribution in [-0.2, 0) is 11.3 Å². The van der Waals surface area contributed by atoms with Crippen molar-refractivity contribution in [3.05, 3.63) is 66.2 Å². The smallest absolute Gasteiger partial charge is 0.291 e. The molecule has 0 aliphatic carbocycles. The molecule has 1 fully saturated rings. The largest absolute Gasteiger partial charge is 0.371 e. The minimum atomic E-state index is -0.656. The maximum absolute atomic E-state index is 13.2. The first-order valence-corrected chi connectivity index (χ1v) is 12.1. The molecule has 2 aliphatic rings. The van der Waals surface area contributed by atoms with Gasteiger partial charge in [-0.2, -0.15) is 0 Å². The quantitative estimate of drug-likeness (QED) is 0.628. The number of hydrogen-bond acceptors (Lipinski definition) is 6. The Labute approximate surface area is 197 Å². The van der Waals surface area contributed by atoms with Crippen LogP contribution in [0.15, 0.2) is 59.8 Å². The predicted octanol–water partition coefficient (Wildman–Crippen LogP) is 2.79. The first-order valence-electron chi connectivity index (χ1n) is 11.1. The second-order valence-corrected chi connectivity index (χ2v) is 9.39. The summed E-state index contributed by atoms with van der Waals surface area (Å²) in [4.78, 5) is 35.2. The molecule has 3 aromatic rings. The number of nitrogens with zero attached hydrogens (tertiary/aromatic N) is 5. The van der Waals surface area contributed by atoms with Crippen molar-refractivity contribution in [2.45, 2.75) is 30.3 Å². The number of rotatable bonds is 5. The van der Waals surface area contributed by atoms with Crippen molar-refractivity contribution >= 4 is 35.0 Å². The lowest BCUT2D eigenvalue weighted by Gasteiger charge is -2.24. The fourth-order valence-electron chi connectivity index (χ4n) is 4.23. The van der Waals surface area contributed by atoms with Crippen LogP contribution in [0.25, 0.3) is 0 Å².